The second-order valence-electron chi connectivity index (χ2n) is 4.27. The molecule has 4 nitrogen and oxygen atoms in total. The Kier molecular flexibility index (Phi) is 6.31. The number of nitrogens with zero attached hydrogens (tertiary/aromatic N) is 1. The first-order chi connectivity index (χ1) is 7.67. The molecule has 1 heterocycles. The summed E-state index contributed by atoms with van der Waals surface area (Å²) in [5.74, 6) is 0.348. The maximum absolute atomic E-state index is 11.3. The van der Waals surface area contributed by atoms with E-state index in [9.17, 15) is 4.79 Å². The highest BCUT2D eigenvalue weighted by molar-refractivity contribution is 9.10. The summed E-state index contributed by atoms with van der Waals surface area (Å²) in [6.45, 7) is 2.95. The number of halogens is 1. The first-order valence-corrected chi connectivity index (χ1v) is 6.64. The number of ether oxygens (including phenoxy) is 1. The number of rotatable bonds is 5. The summed E-state index contributed by atoms with van der Waals surface area (Å²) in [4.78, 5) is 13.3. The SMILES string of the molecule is COC(=O)C(Br)CN1CCCC(CCO)C1. The Morgan fingerprint density at radius 3 is 3.06 bits per heavy atom. The number of carbonyl (C=O) groups is 1. The predicted molar refractivity (Wildman–Crippen MR) is 65.6 cm³/mol. The lowest BCUT2D eigenvalue weighted by molar-refractivity contribution is -0.140. The standard InChI is InChI=1S/C11H20BrNO3/c1-16-11(15)10(12)8-13-5-2-3-9(7-13)4-6-14/h9-10,14H,2-8H2,1H3. The van der Waals surface area contributed by atoms with Crippen LogP contribution in [0.3, 0.4) is 0 Å². The summed E-state index contributed by atoms with van der Waals surface area (Å²) < 4.78 is 4.68. The van der Waals surface area contributed by atoms with Gasteiger partial charge in [-0.15, -0.1) is 0 Å². The molecule has 0 aromatic heterocycles. The Hall–Kier alpha value is -0.130. The highest BCUT2D eigenvalue weighted by Crippen LogP contribution is 2.20. The average molecular weight is 294 g/mol. The summed E-state index contributed by atoms with van der Waals surface area (Å²) in [6.07, 6.45) is 3.19. The zero-order chi connectivity index (χ0) is 12.0. The highest BCUT2D eigenvalue weighted by atomic mass is 79.9. The van der Waals surface area contributed by atoms with Crippen molar-refractivity contribution in [3.63, 3.8) is 0 Å². The first-order valence-electron chi connectivity index (χ1n) is 5.72. The maximum atomic E-state index is 11.3. The lowest BCUT2D eigenvalue weighted by atomic mass is 9.95. The molecule has 0 spiro atoms. The average Bonchev–Trinajstić information content (AvgIpc) is 2.29. The van der Waals surface area contributed by atoms with Crippen LogP contribution in [0.25, 0.3) is 0 Å². The molecule has 1 aliphatic heterocycles. The summed E-state index contributed by atoms with van der Waals surface area (Å²) in [7, 11) is 1.40. The van der Waals surface area contributed by atoms with Crippen molar-refractivity contribution in [3.8, 4) is 0 Å². The summed E-state index contributed by atoms with van der Waals surface area (Å²) in [5.41, 5.74) is 0. The van der Waals surface area contributed by atoms with E-state index in [4.69, 9.17) is 5.11 Å². The molecule has 94 valence electrons. The van der Waals surface area contributed by atoms with Crippen LogP contribution >= 0.6 is 15.9 Å². The van der Waals surface area contributed by atoms with E-state index in [-0.39, 0.29) is 17.4 Å². The normalized spacial score (nSPS) is 24.1. The lowest BCUT2D eigenvalue weighted by Crippen LogP contribution is -2.41. The molecular formula is C11H20BrNO3. The monoisotopic (exact) mass is 293 g/mol. The van der Waals surface area contributed by atoms with E-state index < -0.39 is 0 Å². The van der Waals surface area contributed by atoms with Crippen LogP contribution in [0.2, 0.25) is 0 Å². The molecule has 0 amide bonds. The van der Waals surface area contributed by atoms with Gasteiger partial charge in [-0.3, -0.25) is 4.79 Å². The quantitative estimate of drug-likeness (QED) is 0.607. The molecule has 16 heavy (non-hydrogen) atoms. The van der Waals surface area contributed by atoms with Crippen LogP contribution in [0.1, 0.15) is 19.3 Å². The topological polar surface area (TPSA) is 49.8 Å². The highest BCUT2D eigenvalue weighted by Gasteiger charge is 2.24. The number of aliphatic hydroxyl groups is 1. The van der Waals surface area contributed by atoms with Crippen molar-refractivity contribution in [2.45, 2.75) is 24.1 Å². The first kappa shape index (κ1) is 13.9. The lowest BCUT2D eigenvalue weighted by Gasteiger charge is -2.33. The van der Waals surface area contributed by atoms with Crippen molar-refractivity contribution >= 4 is 21.9 Å². The number of alkyl halides is 1. The predicted octanol–water partition coefficient (Wildman–Crippen LogP) is 1.02. The fourth-order valence-electron chi connectivity index (χ4n) is 2.16. The van der Waals surface area contributed by atoms with Crippen molar-refractivity contribution in [1.82, 2.24) is 4.90 Å². The zero-order valence-electron chi connectivity index (χ0n) is 9.69. The second kappa shape index (κ2) is 7.25. The molecule has 2 unspecified atom stereocenters. The van der Waals surface area contributed by atoms with Gasteiger partial charge in [-0.2, -0.15) is 0 Å². The van der Waals surface area contributed by atoms with Gasteiger partial charge in [0.1, 0.15) is 4.83 Å². The van der Waals surface area contributed by atoms with E-state index in [1.54, 1.807) is 0 Å². The van der Waals surface area contributed by atoms with Gasteiger partial charge >= 0.3 is 5.97 Å². The number of methoxy groups -OCH3 is 1. The minimum absolute atomic E-state index is 0.218. The zero-order valence-corrected chi connectivity index (χ0v) is 11.3. The van der Waals surface area contributed by atoms with Crippen LogP contribution in [-0.2, 0) is 9.53 Å². The Morgan fingerprint density at radius 2 is 2.44 bits per heavy atom. The van der Waals surface area contributed by atoms with Gasteiger partial charge in [-0.05, 0) is 31.7 Å². The van der Waals surface area contributed by atoms with Crippen molar-refractivity contribution in [1.29, 1.82) is 0 Å². The number of likely N-dealkylation sites (tertiary alicyclic amines) is 1. The molecule has 0 aliphatic carbocycles. The Morgan fingerprint density at radius 1 is 1.69 bits per heavy atom. The van der Waals surface area contributed by atoms with Crippen molar-refractivity contribution in [2.24, 2.45) is 5.92 Å². The fourth-order valence-corrected chi connectivity index (χ4v) is 2.76. The molecule has 1 fully saturated rings. The third kappa shape index (κ3) is 4.39. The summed E-state index contributed by atoms with van der Waals surface area (Å²) >= 11 is 3.33. The fraction of sp³-hybridized carbons (Fsp3) is 0.909. The van der Waals surface area contributed by atoms with Crippen LogP contribution in [0.5, 0.6) is 0 Å². The van der Waals surface area contributed by atoms with Gasteiger partial charge in [0.15, 0.2) is 0 Å². The van der Waals surface area contributed by atoms with Gasteiger partial charge in [0.05, 0.1) is 7.11 Å². The van der Waals surface area contributed by atoms with Crippen LogP contribution in [0.15, 0.2) is 0 Å². The number of hydrogen-bond donors (Lipinski definition) is 1. The molecule has 0 aromatic rings. The van der Waals surface area contributed by atoms with Gasteiger partial charge < -0.3 is 14.7 Å². The van der Waals surface area contributed by atoms with Crippen molar-refractivity contribution in [3.05, 3.63) is 0 Å². The third-order valence-corrected chi connectivity index (χ3v) is 3.68. The number of piperidine rings is 1. The summed E-state index contributed by atoms with van der Waals surface area (Å²) in [5, 5.41) is 8.91. The van der Waals surface area contributed by atoms with Crippen LogP contribution in [0.4, 0.5) is 0 Å². The van der Waals surface area contributed by atoms with Crippen molar-refractivity contribution in [2.75, 3.05) is 33.4 Å². The van der Waals surface area contributed by atoms with Gasteiger partial charge in [-0.25, -0.2) is 0 Å². The van der Waals surface area contributed by atoms with Gasteiger partial charge in [0.2, 0.25) is 0 Å². The number of aliphatic hydroxyl groups excluding tert-OH is 1. The van der Waals surface area contributed by atoms with E-state index >= 15 is 0 Å². The molecule has 1 saturated heterocycles. The maximum Gasteiger partial charge on any atom is 0.320 e. The van der Waals surface area contributed by atoms with E-state index in [1.165, 1.54) is 13.5 Å². The number of hydrogen-bond acceptors (Lipinski definition) is 4. The smallest absolute Gasteiger partial charge is 0.320 e. The van der Waals surface area contributed by atoms with Crippen LogP contribution in [-0.4, -0.2) is 54.2 Å². The van der Waals surface area contributed by atoms with Gasteiger partial charge in [0, 0.05) is 19.7 Å². The third-order valence-electron chi connectivity index (χ3n) is 3.02. The minimum Gasteiger partial charge on any atom is -0.468 e. The molecule has 0 bridgehead atoms. The van der Waals surface area contributed by atoms with E-state index in [0.717, 1.165) is 25.9 Å². The molecule has 2 atom stereocenters. The van der Waals surface area contributed by atoms with Crippen molar-refractivity contribution < 1.29 is 14.6 Å². The van der Waals surface area contributed by atoms with Gasteiger partial charge in [0.25, 0.3) is 0 Å². The molecule has 1 N–H and O–H groups in total. The molecule has 0 aromatic carbocycles. The Labute approximate surface area is 105 Å². The molecule has 1 aliphatic rings. The Bertz CT molecular complexity index is 223. The second-order valence-corrected chi connectivity index (χ2v) is 5.38. The molecule has 5 heteroatoms. The largest absolute Gasteiger partial charge is 0.468 e. The number of esters is 1. The van der Waals surface area contributed by atoms with Gasteiger partial charge in [-0.1, -0.05) is 15.9 Å². The summed E-state index contributed by atoms with van der Waals surface area (Å²) in [6, 6.07) is 0. The minimum atomic E-state index is -0.245. The van der Waals surface area contributed by atoms with E-state index in [0.29, 0.717) is 12.5 Å². The molecule has 0 radical (unpaired) electrons. The molecule has 0 saturated carbocycles. The molecule has 1 rings (SSSR count). The Balaban J connectivity index is 2.33. The van der Waals surface area contributed by atoms with E-state index in [1.807, 2.05) is 0 Å². The van der Waals surface area contributed by atoms with Crippen LogP contribution in [0, 0.1) is 5.92 Å². The number of carbonyl (C=O) groups excluding carboxylic acids is 1. The van der Waals surface area contributed by atoms with Crippen LogP contribution < -0.4 is 0 Å². The molecular weight excluding hydrogens is 274 g/mol. The van der Waals surface area contributed by atoms with E-state index in [2.05, 4.69) is 25.6 Å².